The third-order valence-corrected chi connectivity index (χ3v) is 5.51. The van der Waals surface area contributed by atoms with Crippen molar-refractivity contribution in [2.24, 2.45) is 12.0 Å². The van der Waals surface area contributed by atoms with Crippen LogP contribution in [0.1, 0.15) is 11.1 Å². The second kappa shape index (κ2) is 7.72. The molecule has 29 heavy (non-hydrogen) atoms. The number of nitrogens with zero attached hydrogens (tertiary/aromatic N) is 4. The minimum atomic E-state index is 0.734. The molecule has 0 bridgehead atoms. The SMILES string of the molecule is Cc1c(Cl)ccn2c(-c3ccccc3)[n+](C)c(/N=C(/c3ccccc3)N(C)C)c12. The van der Waals surface area contributed by atoms with Gasteiger partial charge in [0.25, 0.3) is 0 Å². The van der Waals surface area contributed by atoms with Crippen LogP contribution in [0.5, 0.6) is 0 Å². The molecular formula is C24H24ClN4+. The van der Waals surface area contributed by atoms with E-state index in [9.17, 15) is 0 Å². The first kappa shape index (κ1) is 19.2. The van der Waals surface area contributed by atoms with Gasteiger partial charge in [-0.05, 0) is 37.3 Å². The van der Waals surface area contributed by atoms with Crippen LogP contribution in [0.2, 0.25) is 5.02 Å². The van der Waals surface area contributed by atoms with Gasteiger partial charge in [0.2, 0.25) is 11.7 Å². The fourth-order valence-electron chi connectivity index (χ4n) is 3.66. The van der Waals surface area contributed by atoms with E-state index >= 15 is 0 Å². The highest BCUT2D eigenvalue weighted by Gasteiger charge is 2.27. The van der Waals surface area contributed by atoms with E-state index in [0.29, 0.717) is 0 Å². The molecule has 0 spiro atoms. The largest absolute Gasteiger partial charge is 0.349 e. The quantitative estimate of drug-likeness (QED) is 0.267. The number of aromatic nitrogens is 2. The van der Waals surface area contributed by atoms with Gasteiger partial charge >= 0.3 is 5.82 Å². The van der Waals surface area contributed by atoms with Gasteiger partial charge in [-0.15, -0.1) is 0 Å². The molecule has 0 saturated heterocycles. The zero-order chi connectivity index (χ0) is 20.5. The first-order valence-electron chi connectivity index (χ1n) is 9.55. The maximum atomic E-state index is 6.50. The molecule has 0 atom stereocenters. The van der Waals surface area contributed by atoms with E-state index in [2.05, 4.69) is 52.4 Å². The fourth-order valence-corrected chi connectivity index (χ4v) is 3.81. The molecule has 0 aliphatic carbocycles. The van der Waals surface area contributed by atoms with Crippen molar-refractivity contribution < 1.29 is 4.57 Å². The molecule has 0 unspecified atom stereocenters. The molecule has 4 aromatic rings. The molecule has 5 heteroatoms. The van der Waals surface area contributed by atoms with Crippen LogP contribution in [0.25, 0.3) is 16.9 Å². The number of hydrogen-bond acceptors (Lipinski definition) is 1. The van der Waals surface area contributed by atoms with E-state index in [-0.39, 0.29) is 0 Å². The summed E-state index contributed by atoms with van der Waals surface area (Å²) in [6, 6.07) is 22.5. The molecule has 0 fully saturated rings. The van der Waals surface area contributed by atoms with Gasteiger partial charge in [-0.3, -0.25) is 0 Å². The van der Waals surface area contributed by atoms with Crippen molar-refractivity contribution in [1.29, 1.82) is 0 Å². The Morgan fingerprint density at radius 2 is 1.59 bits per heavy atom. The van der Waals surface area contributed by atoms with Crippen molar-refractivity contribution in [3.63, 3.8) is 0 Å². The van der Waals surface area contributed by atoms with Crippen molar-refractivity contribution in [3.05, 3.63) is 89.1 Å². The van der Waals surface area contributed by atoms with Crippen LogP contribution >= 0.6 is 11.6 Å². The number of aryl methyl sites for hydroxylation is 1. The average molecular weight is 404 g/mol. The average Bonchev–Trinajstić information content (AvgIpc) is 3.01. The van der Waals surface area contributed by atoms with Gasteiger partial charge in [-0.1, -0.05) is 53.0 Å². The van der Waals surface area contributed by atoms with E-state index in [1.807, 2.05) is 62.4 Å². The van der Waals surface area contributed by atoms with Gasteiger partial charge in [0.15, 0.2) is 5.52 Å². The van der Waals surface area contributed by atoms with Crippen molar-refractivity contribution in [2.75, 3.05) is 14.1 Å². The van der Waals surface area contributed by atoms with Crippen molar-refractivity contribution in [2.45, 2.75) is 6.92 Å². The number of hydrogen-bond donors (Lipinski definition) is 0. The smallest absolute Gasteiger partial charge is 0.305 e. The van der Waals surface area contributed by atoms with Gasteiger partial charge < -0.3 is 4.90 Å². The molecule has 4 nitrogen and oxygen atoms in total. The summed E-state index contributed by atoms with van der Waals surface area (Å²) in [5, 5.41) is 0.734. The summed E-state index contributed by atoms with van der Waals surface area (Å²) < 4.78 is 4.31. The lowest BCUT2D eigenvalue weighted by atomic mass is 10.2. The van der Waals surface area contributed by atoms with Crippen LogP contribution in [-0.4, -0.2) is 29.2 Å². The minimum Gasteiger partial charge on any atom is -0.349 e. The van der Waals surface area contributed by atoms with Crippen LogP contribution in [0, 0.1) is 6.92 Å². The molecule has 2 heterocycles. The van der Waals surface area contributed by atoms with E-state index in [1.165, 1.54) is 0 Å². The molecular weight excluding hydrogens is 380 g/mol. The molecule has 146 valence electrons. The van der Waals surface area contributed by atoms with Gasteiger partial charge in [0.1, 0.15) is 0 Å². The number of benzene rings is 2. The minimum absolute atomic E-state index is 0.734. The Morgan fingerprint density at radius 1 is 0.966 bits per heavy atom. The fraction of sp³-hybridized carbons (Fsp3) is 0.167. The standard InChI is InChI=1S/C24H24ClN4/c1-17-20(25)15-16-29-21(17)23(28(4)24(29)19-13-9-6-10-14-19)26-22(27(2)3)18-11-7-5-8-12-18/h5-16H,1-4H3/q+1/b26-22-. The van der Waals surface area contributed by atoms with Crippen LogP contribution in [-0.2, 0) is 7.05 Å². The predicted molar refractivity (Wildman–Crippen MR) is 120 cm³/mol. The van der Waals surface area contributed by atoms with Crippen molar-refractivity contribution in [3.8, 4) is 11.4 Å². The highest BCUT2D eigenvalue weighted by Crippen LogP contribution is 2.31. The zero-order valence-corrected chi connectivity index (χ0v) is 17.9. The molecule has 4 rings (SSSR count). The van der Waals surface area contributed by atoms with Crippen LogP contribution < -0.4 is 4.57 Å². The highest BCUT2D eigenvalue weighted by atomic mass is 35.5. The van der Waals surface area contributed by atoms with E-state index in [0.717, 1.165) is 44.7 Å². The summed E-state index contributed by atoms with van der Waals surface area (Å²) in [7, 11) is 6.09. The second-order valence-corrected chi connectivity index (χ2v) is 7.68. The van der Waals surface area contributed by atoms with Gasteiger partial charge in [-0.2, -0.15) is 0 Å². The summed E-state index contributed by atoms with van der Waals surface area (Å²) in [5.74, 6) is 2.83. The number of imidazole rings is 1. The summed E-state index contributed by atoms with van der Waals surface area (Å²) in [4.78, 5) is 7.17. The Morgan fingerprint density at radius 3 is 2.21 bits per heavy atom. The first-order valence-corrected chi connectivity index (χ1v) is 9.93. The number of halogens is 1. The van der Waals surface area contributed by atoms with Gasteiger partial charge in [-0.25, -0.2) is 8.97 Å². The van der Waals surface area contributed by atoms with Crippen molar-refractivity contribution in [1.82, 2.24) is 9.30 Å². The molecule has 2 aromatic heterocycles. The van der Waals surface area contributed by atoms with Gasteiger partial charge in [0.05, 0.1) is 18.3 Å². The van der Waals surface area contributed by atoms with Crippen LogP contribution in [0.4, 0.5) is 5.82 Å². The Labute approximate surface area is 176 Å². The summed E-state index contributed by atoms with van der Waals surface area (Å²) in [6.07, 6.45) is 2.02. The zero-order valence-electron chi connectivity index (χ0n) is 17.1. The monoisotopic (exact) mass is 403 g/mol. The van der Waals surface area contributed by atoms with E-state index in [1.54, 1.807) is 0 Å². The third kappa shape index (κ3) is 3.40. The molecule has 0 N–H and O–H groups in total. The summed E-state index contributed by atoms with van der Waals surface area (Å²) in [5.41, 5.74) is 4.21. The highest BCUT2D eigenvalue weighted by molar-refractivity contribution is 6.31. The normalized spacial score (nSPS) is 11.8. The molecule has 0 aliphatic rings. The van der Waals surface area contributed by atoms with Crippen molar-refractivity contribution >= 4 is 28.8 Å². The summed E-state index contributed by atoms with van der Waals surface area (Å²) in [6.45, 7) is 2.04. The second-order valence-electron chi connectivity index (χ2n) is 7.28. The Kier molecular flexibility index (Phi) is 5.12. The molecule has 0 amide bonds. The number of rotatable bonds is 3. The lowest BCUT2D eigenvalue weighted by molar-refractivity contribution is -0.645. The van der Waals surface area contributed by atoms with Crippen LogP contribution in [0.3, 0.4) is 0 Å². The lowest BCUT2D eigenvalue weighted by Gasteiger charge is -2.12. The maximum absolute atomic E-state index is 6.50. The Bertz CT molecular complexity index is 1190. The Hall–Kier alpha value is -3.11. The lowest BCUT2D eigenvalue weighted by Crippen LogP contribution is -2.31. The number of amidine groups is 1. The number of aliphatic imine (C=N–C) groups is 1. The van der Waals surface area contributed by atoms with E-state index in [4.69, 9.17) is 16.6 Å². The third-order valence-electron chi connectivity index (χ3n) is 5.10. The molecule has 0 aliphatic heterocycles. The predicted octanol–water partition coefficient (Wildman–Crippen LogP) is 5.03. The summed E-state index contributed by atoms with van der Waals surface area (Å²) >= 11 is 6.50. The van der Waals surface area contributed by atoms with Crippen LogP contribution in [0.15, 0.2) is 77.9 Å². The van der Waals surface area contributed by atoms with Gasteiger partial charge in [0, 0.05) is 30.8 Å². The maximum Gasteiger partial charge on any atom is 0.305 e. The number of pyridine rings is 1. The number of fused-ring (bicyclic) bond motifs is 1. The molecule has 0 radical (unpaired) electrons. The Balaban J connectivity index is 2.07. The van der Waals surface area contributed by atoms with E-state index < -0.39 is 0 Å². The topological polar surface area (TPSA) is 23.9 Å². The molecule has 2 aromatic carbocycles. The first-order chi connectivity index (χ1) is 14.0. The molecule has 0 saturated carbocycles.